The van der Waals surface area contributed by atoms with E-state index in [4.69, 9.17) is 15.8 Å². The normalized spacial score (nSPS) is 38.7. The summed E-state index contributed by atoms with van der Waals surface area (Å²) < 4.78 is 0. The third-order valence-corrected chi connectivity index (χ3v) is 4.87. The molecular weight excluding hydrogens is 233 g/mol. The van der Waals surface area contributed by atoms with Crippen LogP contribution in [0.25, 0.3) is 0 Å². The molecule has 0 aromatic rings. The van der Waals surface area contributed by atoms with Crippen molar-refractivity contribution in [1.29, 1.82) is 0 Å². The predicted molar refractivity (Wildman–Crippen MR) is 67.7 cm³/mol. The fraction of sp³-hybridized carbons (Fsp3) is 0.917. The Hall–Kier alpha value is -0.585. The molecule has 5 N–H and O–H groups in total. The van der Waals surface area contributed by atoms with Crippen molar-refractivity contribution in [2.24, 2.45) is 23.5 Å². The van der Waals surface area contributed by atoms with Gasteiger partial charge in [-0.2, -0.15) is 0 Å². The number of hydrogen-bond donors (Lipinski definition) is 4. The van der Waals surface area contributed by atoms with E-state index >= 15 is 0 Å². The molecule has 6 heteroatoms. The molecule has 0 bridgehead atoms. The Balaban J connectivity index is 2.04. The van der Waals surface area contributed by atoms with E-state index < -0.39 is 18.6 Å². The van der Waals surface area contributed by atoms with E-state index in [0.29, 0.717) is 37.4 Å². The van der Waals surface area contributed by atoms with Crippen LogP contribution in [0.2, 0.25) is 6.32 Å². The maximum Gasteiger partial charge on any atom is 0.451 e. The molecule has 0 aromatic carbocycles. The van der Waals surface area contributed by atoms with Crippen molar-refractivity contribution in [2.45, 2.75) is 50.4 Å². The number of hydrogen-bond acceptors (Lipinski definition) is 4. The lowest BCUT2D eigenvalue weighted by atomic mass is 9.75. The molecule has 0 amide bonds. The van der Waals surface area contributed by atoms with Gasteiger partial charge in [0.15, 0.2) is 0 Å². The highest BCUT2D eigenvalue weighted by molar-refractivity contribution is 6.40. The maximum atomic E-state index is 11.4. The van der Waals surface area contributed by atoms with Crippen LogP contribution in [0, 0.1) is 17.8 Å². The number of aliphatic carboxylic acids is 1. The Bertz CT molecular complexity index is 325. The van der Waals surface area contributed by atoms with Crippen molar-refractivity contribution in [3.8, 4) is 0 Å². The van der Waals surface area contributed by atoms with E-state index in [1.54, 1.807) is 0 Å². The van der Waals surface area contributed by atoms with E-state index in [-0.39, 0.29) is 5.92 Å². The average molecular weight is 255 g/mol. The fourth-order valence-corrected chi connectivity index (χ4v) is 4.05. The quantitative estimate of drug-likeness (QED) is 0.534. The highest BCUT2D eigenvalue weighted by Crippen LogP contribution is 2.53. The molecule has 18 heavy (non-hydrogen) atoms. The van der Waals surface area contributed by atoms with Gasteiger partial charge in [0.2, 0.25) is 0 Å². The summed E-state index contributed by atoms with van der Waals surface area (Å²) >= 11 is 0. The Labute approximate surface area is 108 Å². The van der Waals surface area contributed by atoms with Gasteiger partial charge in [-0.25, -0.2) is 0 Å². The van der Waals surface area contributed by atoms with Crippen molar-refractivity contribution in [3.63, 3.8) is 0 Å². The topological polar surface area (TPSA) is 104 Å². The molecule has 102 valence electrons. The summed E-state index contributed by atoms with van der Waals surface area (Å²) in [6.45, 7) is 0. The number of fused-ring (bicyclic) bond motifs is 1. The number of nitrogens with two attached hydrogens (primary N) is 1. The van der Waals surface area contributed by atoms with Gasteiger partial charge in [0.25, 0.3) is 0 Å². The first-order valence-electron chi connectivity index (χ1n) is 6.83. The minimum Gasteiger partial charge on any atom is -0.480 e. The smallest absolute Gasteiger partial charge is 0.451 e. The van der Waals surface area contributed by atoms with Gasteiger partial charge in [-0.15, -0.1) is 0 Å². The van der Waals surface area contributed by atoms with E-state index in [1.165, 1.54) is 6.42 Å². The number of rotatable bonds is 5. The minimum atomic E-state index is -1.30. The first-order valence-corrected chi connectivity index (χ1v) is 6.83. The molecule has 2 aliphatic rings. The molecule has 4 unspecified atom stereocenters. The van der Waals surface area contributed by atoms with Crippen LogP contribution < -0.4 is 5.73 Å². The van der Waals surface area contributed by atoms with Crippen molar-refractivity contribution in [3.05, 3.63) is 0 Å². The SMILES string of the molecule is NC1(C(=O)O)CC2CCCC2C1CCCB(O)O. The van der Waals surface area contributed by atoms with Gasteiger partial charge in [-0.3, -0.25) is 4.79 Å². The molecule has 0 spiro atoms. The molecule has 0 aromatic heterocycles. The number of carboxylic acid groups (broad SMARTS) is 1. The summed E-state index contributed by atoms with van der Waals surface area (Å²) in [6, 6.07) is 0. The van der Waals surface area contributed by atoms with E-state index in [0.717, 1.165) is 12.8 Å². The van der Waals surface area contributed by atoms with Crippen LogP contribution in [0.15, 0.2) is 0 Å². The van der Waals surface area contributed by atoms with Crippen molar-refractivity contribution in [2.75, 3.05) is 0 Å². The third-order valence-electron chi connectivity index (χ3n) is 4.87. The summed E-state index contributed by atoms with van der Waals surface area (Å²) in [6.07, 6.45) is 5.52. The largest absolute Gasteiger partial charge is 0.480 e. The van der Waals surface area contributed by atoms with Crippen LogP contribution in [0.4, 0.5) is 0 Å². The second kappa shape index (κ2) is 5.19. The molecule has 0 radical (unpaired) electrons. The Kier molecular flexibility index (Phi) is 3.99. The van der Waals surface area contributed by atoms with Crippen LogP contribution >= 0.6 is 0 Å². The lowest BCUT2D eigenvalue weighted by molar-refractivity contribution is -0.145. The lowest BCUT2D eigenvalue weighted by Crippen LogP contribution is -2.52. The molecule has 5 nitrogen and oxygen atoms in total. The van der Waals surface area contributed by atoms with Crippen LogP contribution in [-0.2, 0) is 4.79 Å². The minimum absolute atomic E-state index is 0.0127. The maximum absolute atomic E-state index is 11.4. The van der Waals surface area contributed by atoms with Gasteiger partial charge < -0.3 is 20.9 Å². The Morgan fingerprint density at radius 1 is 1.39 bits per heavy atom. The molecule has 0 aliphatic heterocycles. The third kappa shape index (κ3) is 2.42. The Morgan fingerprint density at radius 3 is 2.72 bits per heavy atom. The van der Waals surface area contributed by atoms with Gasteiger partial charge in [0.05, 0.1) is 0 Å². The van der Waals surface area contributed by atoms with Crippen molar-refractivity contribution >= 4 is 13.1 Å². The molecule has 2 saturated carbocycles. The Morgan fingerprint density at radius 2 is 2.11 bits per heavy atom. The molecule has 4 atom stereocenters. The molecule has 2 fully saturated rings. The lowest BCUT2D eigenvalue weighted by Gasteiger charge is -2.30. The zero-order chi connectivity index (χ0) is 13.3. The predicted octanol–water partition coefficient (Wildman–Crippen LogP) is 0.458. The molecule has 2 rings (SSSR count). The monoisotopic (exact) mass is 255 g/mol. The van der Waals surface area contributed by atoms with Crippen LogP contribution in [0.1, 0.15) is 38.5 Å². The highest BCUT2D eigenvalue weighted by atomic mass is 16.4. The second-order valence-corrected chi connectivity index (χ2v) is 5.92. The summed E-state index contributed by atoms with van der Waals surface area (Å²) in [7, 11) is -1.30. The van der Waals surface area contributed by atoms with Crippen LogP contribution in [0.3, 0.4) is 0 Å². The van der Waals surface area contributed by atoms with Gasteiger partial charge in [-0.1, -0.05) is 19.3 Å². The van der Waals surface area contributed by atoms with Gasteiger partial charge >= 0.3 is 13.1 Å². The molecular formula is C12H22BNO4. The summed E-state index contributed by atoms with van der Waals surface area (Å²) in [5.74, 6) is -0.0372. The van der Waals surface area contributed by atoms with Gasteiger partial charge in [-0.05, 0) is 43.3 Å². The van der Waals surface area contributed by atoms with Crippen molar-refractivity contribution in [1.82, 2.24) is 0 Å². The first kappa shape index (κ1) is 13.8. The van der Waals surface area contributed by atoms with Gasteiger partial charge in [0, 0.05) is 0 Å². The van der Waals surface area contributed by atoms with E-state index in [1.807, 2.05) is 0 Å². The van der Waals surface area contributed by atoms with Crippen LogP contribution in [-0.4, -0.2) is 33.8 Å². The summed E-state index contributed by atoms with van der Waals surface area (Å²) in [4.78, 5) is 11.4. The summed E-state index contributed by atoms with van der Waals surface area (Å²) in [5, 5.41) is 27.1. The summed E-state index contributed by atoms with van der Waals surface area (Å²) in [5.41, 5.74) is 5.03. The highest BCUT2D eigenvalue weighted by Gasteiger charge is 2.56. The van der Waals surface area contributed by atoms with Crippen molar-refractivity contribution < 1.29 is 19.9 Å². The molecule has 0 heterocycles. The average Bonchev–Trinajstić information content (AvgIpc) is 2.79. The first-order chi connectivity index (χ1) is 8.45. The van der Waals surface area contributed by atoms with E-state index in [2.05, 4.69) is 0 Å². The number of carbonyl (C=O) groups is 1. The zero-order valence-electron chi connectivity index (χ0n) is 10.6. The zero-order valence-corrected chi connectivity index (χ0v) is 10.6. The standard InChI is InChI=1S/C12H22BNO4/c14-12(11(15)16)7-8-3-1-4-9(8)10(12)5-2-6-13(17)18/h8-10,17-18H,1-7,14H2,(H,15,16). The van der Waals surface area contributed by atoms with Gasteiger partial charge in [0.1, 0.15) is 5.54 Å². The second-order valence-electron chi connectivity index (χ2n) is 5.92. The van der Waals surface area contributed by atoms with Crippen LogP contribution in [0.5, 0.6) is 0 Å². The fourth-order valence-electron chi connectivity index (χ4n) is 4.05. The molecule has 2 aliphatic carbocycles. The number of carboxylic acids is 1. The molecule has 0 saturated heterocycles. The van der Waals surface area contributed by atoms with E-state index in [9.17, 15) is 9.90 Å².